The summed E-state index contributed by atoms with van der Waals surface area (Å²) in [5, 5.41) is 3.38. The maximum Gasteiger partial charge on any atom is 0.166 e. The highest BCUT2D eigenvalue weighted by atomic mass is 16.5. The molecule has 1 unspecified atom stereocenters. The lowest BCUT2D eigenvalue weighted by molar-refractivity contribution is 0.295. The van der Waals surface area contributed by atoms with Crippen molar-refractivity contribution in [1.82, 2.24) is 15.3 Å². The monoisotopic (exact) mass is 257 g/mol. The summed E-state index contributed by atoms with van der Waals surface area (Å²) >= 11 is 0. The average Bonchev–Trinajstić information content (AvgIpc) is 2.47. The maximum absolute atomic E-state index is 5.64. The van der Waals surface area contributed by atoms with E-state index in [1.165, 1.54) is 5.56 Å². The molecule has 1 aromatic carbocycles. The minimum Gasteiger partial charge on any atom is -0.486 e. The van der Waals surface area contributed by atoms with Crippen LogP contribution in [0.1, 0.15) is 31.3 Å². The SMILES string of the molecule is CCNC(C)c1ccc(OCc2ncccn2)cc1. The van der Waals surface area contributed by atoms with Crippen molar-refractivity contribution in [2.45, 2.75) is 26.5 Å². The molecule has 1 aromatic heterocycles. The first-order valence-electron chi connectivity index (χ1n) is 6.51. The van der Waals surface area contributed by atoms with Gasteiger partial charge in [0.15, 0.2) is 5.82 Å². The lowest BCUT2D eigenvalue weighted by Crippen LogP contribution is -2.17. The first-order chi connectivity index (χ1) is 9.29. The second-order valence-electron chi connectivity index (χ2n) is 4.30. The first kappa shape index (κ1) is 13.5. The highest BCUT2D eigenvalue weighted by molar-refractivity contribution is 5.29. The molecule has 2 rings (SSSR count). The van der Waals surface area contributed by atoms with Crippen LogP contribution in [0.2, 0.25) is 0 Å². The van der Waals surface area contributed by atoms with E-state index in [0.29, 0.717) is 18.5 Å². The molecule has 0 bridgehead atoms. The lowest BCUT2D eigenvalue weighted by atomic mass is 10.1. The van der Waals surface area contributed by atoms with E-state index >= 15 is 0 Å². The van der Waals surface area contributed by atoms with Crippen molar-refractivity contribution in [2.75, 3.05) is 6.54 Å². The Labute approximate surface area is 113 Å². The molecule has 0 aliphatic heterocycles. The minimum absolute atomic E-state index is 0.358. The normalized spacial score (nSPS) is 12.1. The van der Waals surface area contributed by atoms with Crippen LogP contribution in [0.4, 0.5) is 0 Å². The molecule has 1 N–H and O–H groups in total. The Hall–Kier alpha value is -1.94. The van der Waals surface area contributed by atoms with Crippen molar-refractivity contribution >= 4 is 0 Å². The molecular formula is C15H19N3O. The molecule has 1 atom stereocenters. The summed E-state index contributed by atoms with van der Waals surface area (Å²) in [6.45, 7) is 5.61. The van der Waals surface area contributed by atoms with Gasteiger partial charge in [0.25, 0.3) is 0 Å². The number of benzene rings is 1. The fourth-order valence-corrected chi connectivity index (χ4v) is 1.83. The third kappa shape index (κ3) is 4.03. The summed E-state index contributed by atoms with van der Waals surface area (Å²) in [4.78, 5) is 8.24. The highest BCUT2D eigenvalue weighted by Gasteiger charge is 2.03. The summed E-state index contributed by atoms with van der Waals surface area (Å²) in [7, 11) is 0. The summed E-state index contributed by atoms with van der Waals surface area (Å²) in [5.74, 6) is 1.52. The summed E-state index contributed by atoms with van der Waals surface area (Å²) in [6.07, 6.45) is 3.43. The molecule has 4 nitrogen and oxygen atoms in total. The van der Waals surface area contributed by atoms with E-state index in [-0.39, 0.29) is 0 Å². The van der Waals surface area contributed by atoms with E-state index in [4.69, 9.17) is 4.74 Å². The smallest absolute Gasteiger partial charge is 0.166 e. The number of rotatable bonds is 6. The van der Waals surface area contributed by atoms with Crippen molar-refractivity contribution in [2.24, 2.45) is 0 Å². The number of nitrogens with zero attached hydrogens (tertiary/aromatic N) is 2. The zero-order chi connectivity index (χ0) is 13.5. The van der Waals surface area contributed by atoms with E-state index in [2.05, 4.69) is 41.3 Å². The molecule has 100 valence electrons. The van der Waals surface area contributed by atoms with Gasteiger partial charge in [-0.25, -0.2) is 9.97 Å². The number of aromatic nitrogens is 2. The van der Waals surface area contributed by atoms with Crippen LogP contribution in [0.5, 0.6) is 5.75 Å². The Morgan fingerprint density at radius 2 is 1.84 bits per heavy atom. The third-order valence-electron chi connectivity index (χ3n) is 2.88. The standard InChI is InChI=1S/C15H19N3O/c1-3-16-12(2)13-5-7-14(8-6-13)19-11-15-17-9-4-10-18-15/h4-10,12,16H,3,11H2,1-2H3. The van der Waals surface area contributed by atoms with Gasteiger partial charge in [0, 0.05) is 18.4 Å². The van der Waals surface area contributed by atoms with Gasteiger partial charge in [-0.15, -0.1) is 0 Å². The van der Waals surface area contributed by atoms with Gasteiger partial charge in [-0.2, -0.15) is 0 Å². The summed E-state index contributed by atoms with van der Waals surface area (Å²) in [5.41, 5.74) is 1.25. The fraction of sp³-hybridized carbons (Fsp3) is 0.333. The van der Waals surface area contributed by atoms with Crippen molar-refractivity contribution < 1.29 is 4.74 Å². The van der Waals surface area contributed by atoms with Gasteiger partial charge in [0.2, 0.25) is 0 Å². The molecular weight excluding hydrogens is 238 g/mol. The van der Waals surface area contributed by atoms with Crippen LogP contribution in [-0.4, -0.2) is 16.5 Å². The first-order valence-corrected chi connectivity index (χ1v) is 6.51. The van der Waals surface area contributed by atoms with Gasteiger partial charge in [0.1, 0.15) is 12.4 Å². The Kier molecular flexibility index (Phi) is 4.86. The van der Waals surface area contributed by atoms with Crippen molar-refractivity contribution in [3.8, 4) is 5.75 Å². The molecule has 1 heterocycles. The van der Waals surface area contributed by atoms with Crippen molar-refractivity contribution in [3.63, 3.8) is 0 Å². The number of ether oxygens (including phenoxy) is 1. The maximum atomic E-state index is 5.64. The molecule has 0 spiro atoms. The zero-order valence-electron chi connectivity index (χ0n) is 11.3. The lowest BCUT2D eigenvalue weighted by Gasteiger charge is -2.13. The van der Waals surface area contributed by atoms with Crippen LogP contribution in [0.3, 0.4) is 0 Å². The van der Waals surface area contributed by atoms with Crippen LogP contribution in [0.25, 0.3) is 0 Å². The second kappa shape index (κ2) is 6.85. The van der Waals surface area contributed by atoms with E-state index in [9.17, 15) is 0 Å². The second-order valence-corrected chi connectivity index (χ2v) is 4.30. The zero-order valence-corrected chi connectivity index (χ0v) is 11.3. The molecule has 4 heteroatoms. The van der Waals surface area contributed by atoms with Gasteiger partial charge >= 0.3 is 0 Å². The molecule has 0 saturated carbocycles. The molecule has 0 amide bonds. The van der Waals surface area contributed by atoms with Crippen LogP contribution in [0.15, 0.2) is 42.7 Å². The Morgan fingerprint density at radius 3 is 2.47 bits per heavy atom. The minimum atomic E-state index is 0.358. The Bertz CT molecular complexity index is 485. The van der Waals surface area contributed by atoms with Gasteiger partial charge in [-0.1, -0.05) is 19.1 Å². The van der Waals surface area contributed by atoms with Gasteiger partial charge < -0.3 is 10.1 Å². The van der Waals surface area contributed by atoms with Crippen LogP contribution < -0.4 is 10.1 Å². The van der Waals surface area contributed by atoms with Gasteiger partial charge in [-0.3, -0.25) is 0 Å². The largest absolute Gasteiger partial charge is 0.486 e. The predicted octanol–water partition coefficient (Wildman–Crippen LogP) is 2.73. The van der Waals surface area contributed by atoms with E-state index in [0.717, 1.165) is 12.3 Å². The summed E-state index contributed by atoms with van der Waals surface area (Å²) < 4.78 is 5.64. The van der Waals surface area contributed by atoms with Crippen LogP contribution in [-0.2, 0) is 6.61 Å². The number of nitrogens with one attached hydrogen (secondary N) is 1. The fourth-order valence-electron chi connectivity index (χ4n) is 1.83. The topological polar surface area (TPSA) is 47.0 Å². The third-order valence-corrected chi connectivity index (χ3v) is 2.88. The van der Waals surface area contributed by atoms with E-state index in [1.807, 2.05) is 12.1 Å². The number of hydrogen-bond donors (Lipinski definition) is 1. The van der Waals surface area contributed by atoms with Crippen molar-refractivity contribution in [1.29, 1.82) is 0 Å². The average molecular weight is 257 g/mol. The van der Waals surface area contributed by atoms with E-state index in [1.54, 1.807) is 18.5 Å². The predicted molar refractivity (Wildman–Crippen MR) is 74.9 cm³/mol. The molecule has 0 fully saturated rings. The van der Waals surface area contributed by atoms with Gasteiger partial charge in [-0.05, 0) is 37.2 Å². The molecule has 0 saturated heterocycles. The van der Waals surface area contributed by atoms with Crippen LogP contribution >= 0.6 is 0 Å². The number of hydrogen-bond acceptors (Lipinski definition) is 4. The summed E-state index contributed by atoms with van der Waals surface area (Å²) in [6, 6.07) is 10.3. The molecule has 0 aliphatic carbocycles. The molecule has 0 aliphatic rings. The Balaban J connectivity index is 1.92. The molecule has 2 aromatic rings. The van der Waals surface area contributed by atoms with E-state index < -0.39 is 0 Å². The van der Waals surface area contributed by atoms with Crippen molar-refractivity contribution in [3.05, 3.63) is 54.1 Å². The molecule has 19 heavy (non-hydrogen) atoms. The quantitative estimate of drug-likeness (QED) is 0.864. The molecule has 0 radical (unpaired) electrons. The highest BCUT2D eigenvalue weighted by Crippen LogP contribution is 2.18. The van der Waals surface area contributed by atoms with Crippen LogP contribution in [0, 0.1) is 0 Å². The van der Waals surface area contributed by atoms with Gasteiger partial charge in [0.05, 0.1) is 0 Å². The Morgan fingerprint density at radius 1 is 1.16 bits per heavy atom.